The van der Waals surface area contributed by atoms with E-state index in [2.05, 4.69) is 5.32 Å². The molecule has 12 nitrogen and oxygen atoms in total. The molecule has 13 heteroatoms. The molecule has 0 atom stereocenters. The highest BCUT2D eigenvalue weighted by Gasteiger charge is 2.29. The molecule has 0 amide bonds. The van der Waals surface area contributed by atoms with Crippen molar-refractivity contribution in [1.29, 1.82) is 0 Å². The van der Waals surface area contributed by atoms with Crippen LogP contribution in [0.25, 0.3) is 0 Å². The van der Waals surface area contributed by atoms with E-state index < -0.39 is 29.7 Å². The molecule has 0 heterocycles. The van der Waals surface area contributed by atoms with Crippen molar-refractivity contribution >= 4 is 24.9 Å². The van der Waals surface area contributed by atoms with Gasteiger partial charge in [0.25, 0.3) is 11.4 Å². The molecule has 2 aromatic rings. The number of nitrogens with one attached hydrogen (secondary N) is 1. The molecule has 0 radical (unpaired) electrons. The Labute approximate surface area is 170 Å². The van der Waals surface area contributed by atoms with Crippen LogP contribution in [0.5, 0.6) is 11.5 Å². The van der Waals surface area contributed by atoms with Gasteiger partial charge in [0, 0.05) is 24.3 Å². The monoisotopic (exact) mass is 439 g/mol. The van der Waals surface area contributed by atoms with Crippen LogP contribution in [0.15, 0.2) is 48.5 Å². The first-order chi connectivity index (χ1) is 14.2. The zero-order valence-electron chi connectivity index (χ0n) is 15.8. The summed E-state index contributed by atoms with van der Waals surface area (Å²) in [5.41, 5.74) is -0.372. The van der Waals surface area contributed by atoms with Crippen LogP contribution in [0.3, 0.4) is 0 Å². The fourth-order valence-electron chi connectivity index (χ4n) is 2.17. The molecule has 0 saturated heterocycles. The summed E-state index contributed by atoms with van der Waals surface area (Å²) in [5, 5.41) is 24.1. The summed E-state index contributed by atoms with van der Waals surface area (Å²) in [6.07, 6.45) is -0.403. The lowest BCUT2D eigenvalue weighted by Gasteiger charge is -2.20. The van der Waals surface area contributed by atoms with Gasteiger partial charge in [0.2, 0.25) is 0 Å². The van der Waals surface area contributed by atoms with E-state index in [0.717, 1.165) is 24.3 Å². The summed E-state index contributed by atoms with van der Waals surface area (Å²) in [6.45, 7) is 1.56. The smallest absolute Gasteiger partial charge is 0.444 e. The topological polar surface area (TPSA) is 160 Å². The Morgan fingerprint density at radius 3 is 1.73 bits per heavy atom. The van der Waals surface area contributed by atoms with Gasteiger partial charge in [-0.3, -0.25) is 30.3 Å². The first kappa shape index (κ1) is 22.8. The van der Waals surface area contributed by atoms with Crippen LogP contribution in [-0.4, -0.2) is 35.3 Å². The molecule has 0 unspecified atom stereocenters. The van der Waals surface area contributed by atoms with E-state index in [1.807, 2.05) is 0 Å². The fourth-order valence-corrected chi connectivity index (χ4v) is 3.61. The van der Waals surface area contributed by atoms with Gasteiger partial charge in [-0.2, -0.15) is 0 Å². The van der Waals surface area contributed by atoms with Crippen LogP contribution in [0.1, 0.15) is 6.92 Å². The van der Waals surface area contributed by atoms with Gasteiger partial charge < -0.3 is 13.8 Å². The zero-order valence-corrected chi connectivity index (χ0v) is 16.7. The molecule has 0 bridgehead atoms. The third-order valence-electron chi connectivity index (χ3n) is 3.46. The summed E-state index contributed by atoms with van der Waals surface area (Å²) >= 11 is 0. The molecule has 30 heavy (non-hydrogen) atoms. The average Bonchev–Trinajstić information content (AvgIpc) is 2.69. The Morgan fingerprint density at radius 1 is 0.933 bits per heavy atom. The van der Waals surface area contributed by atoms with Gasteiger partial charge in [-0.05, 0) is 31.2 Å². The Hall–Kier alpha value is -3.50. The highest BCUT2D eigenvalue weighted by Crippen LogP contribution is 2.47. The number of hydrogen-bond acceptors (Lipinski definition) is 10. The van der Waals surface area contributed by atoms with E-state index in [4.69, 9.17) is 13.8 Å². The van der Waals surface area contributed by atoms with Gasteiger partial charge in [-0.1, -0.05) is 0 Å². The summed E-state index contributed by atoms with van der Waals surface area (Å²) < 4.78 is 28.8. The first-order valence-electron chi connectivity index (χ1n) is 8.56. The minimum Gasteiger partial charge on any atom is -0.465 e. The molecule has 0 aliphatic rings. The van der Waals surface area contributed by atoms with E-state index >= 15 is 0 Å². The maximum absolute atomic E-state index is 13.2. The minimum atomic E-state index is -3.97. The number of ether oxygens (including phenoxy) is 1. The number of nitrogens with zero attached hydrogens (tertiary/aromatic N) is 2. The molecule has 0 aliphatic carbocycles. The fraction of sp³-hybridized carbons (Fsp3) is 0.235. The number of non-ortho nitro benzene ring substituents is 2. The quantitative estimate of drug-likeness (QED) is 0.238. The Morgan fingerprint density at radius 2 is 1.37 bits per heavy atom. The minimum absolute atomic E-state index is 0.0313. The third-order valence-corrected chi connectivity index (χ3v) is 5.05. The lowest BCUT2D eigenvalue weighted by molar-refractivity contribution is -0.385. The third kappa shape index (κ3) is 6.83. The molecule has 2 aromatic carbocycles. The predicted octanol–water partition coefficient (Wildman–Crippen LogP) is 3.26. The van der Waals surface area contributed by atoms with E-state index in [9.17, 15) is 29.6 Å². The van der Waals surface area contributed by atoms with E-state index in [1.165, 1.54) is 24.3 Å². The van der Waals surface area contributed by atoms with Crippen molar-refractivity contribution in [2.24, 2.45) is 0 Å². The van der Waals surface area contributed by atoms with Gasteiger partial charge in [0.1, 0.15) is 17.8 Å². The van der Waals surface area contributed by atoms with Crippen LogP contribution in [-0.2, 0) is 14.1 Å². The second-order valence-corrected chi connectivity index (χ2v) is 7.59. The number of benzene rings is 2. The number of nitro groups is 2. The van der Waals surface area contributed by atoms with Crippen molar-refractivity contribution in [3.63, 3.8) is 0 Å². The SMILES string of the molecule is CCOC(=O)CNCP(=O)(Oc1ccc([N+](=O)[O-])cc1)Oc1ccc([N+](=O)[O-])cc1. The van der Waals surface area contributed by atoms with Crippen molar-refractivity contribution in [3.05, 3.63) is 68.8 Å². The van der Waals surface area contributed by atoms with Crippen LogP contribution in [0.2, 0.25) is 0 Å². The Kier molecular flexibility index (Phi) is 7.84. The van der Waals surface area contributed by atoms with Crippen molar-refractivity contribution < 1.29 is 33.0 Å². The second kappa shape index (κ2) is 10.3. The van der Waals surface area contributed by atoms with Gasteiger partial charge in [-0.15, -0.1) is 0 Å². The molecule has 160 valence electrons. The summed E-state index contributed by atoms with van der Waals surface area (Å²) in [7, 11) is -3.97. The maximum Gasteiger partial charge on any atom is 0.444 e. The van der Waals surface area contributed by atoms with Crippen LogP contribution >= 0.6 is 7.60 Å². The second-order valence-electron chi connectivity index (χ2n) is 5.69. The lowest BCUT2D eigenvalue weighted by atomic mass is 10.3. The van der Waals surface area contributed by atoms with E-state index in [0.29, 0.717) is 0 Å². The zero-order chi connectivity index (χ0) is 22.1. The highest BCUT2D eigenvalue weighted by atomic mass is 31.2. The number of rotatable bonds is 11. The molecule has 0 aliphatic heterocycles. The highest BCUT2D eigenvalue weighted by molar-refractivity contribution is 7.54. The molecule has 2 rings (SSSR count). The van der Waals surface area contributed by atoms with Crippen molar-refractivity contribution in [2.75, 3.05) is 19.4 Å². The van der Waals surface area contributed by atoms with Gasteiger partial charge in [-0.25, -0.2) is 4.57 Å². The molecular weight excluding hydrogens is 421 g/mol. The molecule has 0 fully saturated rings. The number of hydrogen-bond donors (Lipinski definition) is 1. The maximum atomic E-state index is 13.2. The summed E-state index contributed by atoms with van der Waals surface area (Å²) in [6, 6.07) is 9.64. The van der Waals surface area contributed by atoms with Gasteiger partial charge >= 0.3 is 13.6 Å². The average molecular weight is 439 g/mol. The molecule has 0 spiro atoms. The number of nitro benzene ring substituents is 2. The van der Waals surface area contributed by atoms with Crippen LogP contribution in [0, 0.1) is 20.2 Å². The van der Waals surface area contributed by atoms with Crippen molar-refractivity contribution in [2.45, 2.75) is 6.92 Å². The molecule has 1 N–H and O–H groups in total. The lowest BCUT2D eigenvalue weighted by Crippen LogP contribution is -2.27. The summed E-state index contributed by atoms with van der Waals surface area (Å²) in [5.74, 6) is -0.512. The van der Waals surface area contributed by atoms with Crippen molar-refractivity contribution in [3.8, 4) is 11.5 Å². The van der Waals surface area contributed by atoms with E-state index in [1.54, 1.807) is 6.92 Å². The predicted molar refractivity (Wildman–Crippen MR) is 105 cm³/mol. The molecular formula is C17H18N3O9P. The van der Waals surface area contributed by atoms with E-state index in [-0.39, 0.29) is 36.0 Å². The normalized spacial score (nSPS) is 10.8. The molecule has 0 saturated carbocycles. The number of esters is 1. The Bertz CT molecular complexity index is 884. The standard InChI is InChI=1S/C17H18N3O9P/c1-2-27-17(21)11-18-12-30(26,28-15-7-3-13(4-8-15)19(22)23)29-16-9-5-14(6-10-16)20(24)25/h3-10,18H,2,11-12H2,1H3. The Balaban J connectivity index is 2.17. The molecule has 0 aromatic heterocycles. The largest absolute Gasteiger partial charge is 0.465 e. The first-order valence-corrected chi connectivity index (χ1v) is 10.3. The van der Waals surface area contributed by atoms with Crippen molar-refractivity contribution in [1.82, 2.24) is 5.32 Å². The number of carbonyl (C=O) groups is 1. The number of carbonyl (C=O) groups excluding carboxylic acids is 1. The van der Waals surface area contributed by atoms with Crippen LogP contribution < -0.4 is 14.4 Å². The summed E-state index contributed by atoms with van der Waals surface area (Å²) in [4.78, 5) is 31.8. The van der Waals surface area contributed by atoms with Crippen LogP contribution in [0.4, 0.5) is 11.4 Å². The van der Waals surface area contributed by atoms with Gasteiger partial charge in [0.05, 0.1) is 23.0 Å². The van der Waals surface area contributed by atoms with Gasteiger partial charge in [0.15, 0.2) is 0 Å².